The van der Waals surface area contributed by atoms with Crippen molar-refractivity contribution in [1.82, 2.24) is 0 Å². The molecule has 0 amide bonds. The molecule has 0 aliphatic carbocycles. The van der Waals surface area contributed by atoms with Crippen molar-refractivity contribution in [3.05, 3.63) is 74.9 Å². The van der Waals surface area contributed by atoms with Crippen molar-refractivity contribution in [3.63, 3.8) is 0 Å². The maximum atomic E-state index is 13.7. The predicted molar refractivity (Wildman–Crippen MR) is 88.0 cm³/mol. The van der Waals surface area contributed by atoms with Crippen LogP contribution in [0.4, 0.5) is 4.39 Å². The Morgan fingerprint density at radius 2 is 2.04 bits per heavy atom. The molecule has 3 aromatic rings. The van der Waals surface area contributed by atoms with Crippen LogP contribution in [0.5, 0.6) is 5.75 Å². The van der Waals surface area contributed by atoms with Gasteiger partial charge in [0.25, 0.3) is 0 Å². The molecule has 0 saturated carbocycles. The molecule has 4 nitrogen and oxygen atoms in total. The third-order valence-electron chi connectivity index (χ3n) is 3.54. The second kappa shape index (κ2) is 6.45. The summed E-state index contributed by atoms with van der Waals surface area (Å²) in [6.45, 7) is 1.78. The smallest absolute Gasteiger partial charge is 0.336 e. The van der Waals surface area contributed by atoms with Crippen LogP contribution in [-0.4, -0.2) is 5.97 Å². The first-order chi connectivity index (χ1) is 11.4. The van der Waals surface area contributed by atoms with Crippen LogP contribution in [0.2, 0.25) is 5.02 Å². The monoisotopic (exact) mass is 346 g/mol. The van der Waals surface area contributed by atoms with Crippen molar-refractivity contribution in [3.8, 4) is 5.75 Å². The molecular weight excluding hydrogens is 335 g/mol. The molecule has 0 bridgehead atoms. The van der Waals surface area contributed by atoms with E-state index in [1.807, 2.05) is 0 Å². The van der Waals surface area contributed by atoms with Crippen LogP contribution in [0.1, 0.15) is 11.1 Å². The van der Waals surface area contributed by atoms with Crippen molar-refractivity contribution < 1.29 is 18.3 Å². The minimum absolute atomic E-state index is 0.0762. The van der Waals surface area contributed by atoms with Crippen molar-refractivity contribution in [2.24, 2.45) is 0 Å². The second-order valence-electron chi connectivity index (χ2n) is 5.26. The molecule has 0 spiro atoms. The number of halogens is 2. The standard InChI is InChI=1S/C18H12ClFO4/c1-10-7-17(21)24-16-8-11(5-6-12(10)16)23-18(22)9-13-14(19)3-2-4-15(13)20/h2-8H,9H2,1H3. The zero-order valence-corrected chi connectivity index (χ0v) is 13.4. The molecule has 3 rings (SSSR count). The molecule has 24 heavy (non-hydrogen) atoms. The lowest BCUT2D eigenvalue weighted by atomic mass is 10.1. The molecule has 122 valence electrons. The number of carbonyl (C=O) groups is 1. The maximum absolute atomic E-state index is 13.7. The van der Waals surface area contributed by atoms with Gasteiger partial charge < -0.3 is 9.15 Å². The zero-order chi connectivity index (χ0) is 17.3. The van der Waals surface area contributed by atoms with Crippen LogP contribution in [0.3, 0.4) is 0 Å². The molecule has 0 N–H and O–H groups in total. The summed E-state index contributed by atoms with van der Waals surface area (Å²) in [4.78, 5) is 23.4. The third-order valence-corrected chi connectivity index (χ3v) is 3.89. The van der Waals surface area contributed by atoms with E-state index in [1.165, 1.54) is 30.3 Å². The minimum Gasteiger partial charge on any atom is -0.426 e. The number of fused-ring (bicyclic) bond motifs is 1. The zero-order valence-electron chi connectivity index (χ0n) is 12.6. The number of aryl methyl sites for hydroxylation is 1. The highest BCUT2D eigenvalue weighted by atomic mass is 35.5. The van der Waals surface area contributed by atoms with E-state index in [1.54, 1.807) is 19.1 Å². The summed E-state index contributed by atoms with van der Waals surface area (Å²) < 4.78 is 24.0. The molecule has 1 aromatic heterocycles. The van der Waals surface area contributed by atoms with Crippen molar-refractivity contribution in [1.29, 1.82) is 0 Å². The lowest BCUT2D eigenvalue weighted by Crippen LogP contribution is -2.12. The molecule has 0 atom stereocenters. The molecule has 0 aliphatic rings. The molecule has 0 aliphatic heterocycles. The van der Waals surface area contributed by atoms with Gasteiger partial charge in [-0.1, -0.05) is 17.7 Å². The number of rotatable bonds is 3. The highest BCUT2D eigenvalue weighted by Crippen LogP contribution is 2.24. The molecule has 6 heteroatoms. The van der Waals surface area contributed by atoms with Gasteiger partial charge in [-0.2, -0.15) is 0 Å². The average Bonchev–Trinajstić information content (AvgIpc) is 2.50. The normalized spacial score (nSPS) is 10.8. The van der Waals surface area contributed by atoms with Crippen LogP contribution < -0.4 is 10.4 Å². The number of esters is 1. The summed E-state index contributed by atoms with van der Waals surface area (Å²) >= 11 is 5.89. The summed E-state index contributed by atoms with van der Waals surface area (Å²) in [7, 11) is 0. The Morgan fingerprint density at radius 3 is 2.79 bits per heavy atom. The molecule has 0 radical (unpaired) electrons. The van der Waals surface area contributed by atoms with E-state index in [2.05, 4.69) is 0 Å². The van der Waals surface area contributed by atoms with Gasteiger partial charge in [0.2, 0.25) is 0 Å². The second-order valence-corrected chi connectivity index (χ2v) is 5.66. The first-order valence-electron chi connectivity index (χ1n) is 7.12. The van der Waals surface area contributed by atoms with Gasteiger partial charge >= 0.3 is 11.6 Å². The van der Waals surface area contributed by atoms with Crippen LogP contribution >= 0.6 is 11.6 Å². The van der Waals surface area contributed by atoms with Crippen LogP contribution in [0, 0.1) is 12.7 Å². The first kappa shape index (κ1) is 16.2. The summed E-state index contributed by atoms with van der Waals surface area (Å²) in [6, 6.07) is 10.3. The molecule has 0 unspecified atom stereocenters. The highest BCUT2D eigenvalue weighted by molar-refractivity contribution is 6.31. The van der Waals surface area contributed by atoms with Gasteiger partial charge in [-0.3, -0.25) is 4.79 Å². The summed E-state index contributed by atoms with van der Waals surface area (Å²) in [5, 5.41) is 0.902. The van der Waals surface area contributed by atoms with Crippen LogP contribution in [-0.2, 0) is 11.2 Å². The van der Waals surface area contributed by atoms with E-state index in [0.717, 1.165) is 10.9 Å². The minimum atomic E-state index is -0.670. The molecule has 0 fully saturated rings. The molecule has 0 saturated heterocycles. The number of ether oxygens (including phenoxy) is 1. The maximum Gasteiger partial charge on any atom is 0.336 e. The number of hydrogen-bond donors (Lipinski definition) is 0. The lowest BCUT2D eigenvalue weighted by Gasteiger charge is -2.08. The van der Waals surface area contributed by atoms with E-state index < -0.39 is 17.4 Å². The van der Waals surface area contributed by atoms with Gasteiger partial charge in [0.05, 0.1) is 6.42 Å². The fourth-order valence-electron chi connectivity index (χ4n) is 2.38. The van der Waals surface area contributed by atoms with Gasteiger partial charge in [-0.25, -0.2) is 9.18 Å². The predicted octanol–water partition coefficient (Wildman–Crippen LogP) is 4.04. The Balaban J connectivity index is 1.84. The van der Waals surface area contributed by atoms with Gasteiger partial charge in [-0.05, 0) is 36.8 Å². The number of carbonyl (C=O) groups excluding carboxylic acids is 1. The quantitative estimate of drug-likeness (QED) is 0.408. The van der Waals surface area contributed by atoms with E-state index in [-0.39, 0.29) is 22.8 Å². The Morgan fingerprint density at radius 1 is 1.25 bits per heavy atom. The molecular formula is C18H12ClFO4. The van der Waals surface area contributed by atoms with Crippen molar-refractivity contribution in [2.45, 2.75) is 13.3 Å². The van der Waals surface area contributed by atoms with Crippen molar-refractivity contribution >= 4 is 28.5 Å². The SMILES string of the molecule is Cc1cc(=O)oc2cc(OC(=O)Cc3c(F)cccc3Cl)ccc12. The van der Waals surface area contributed by atoms with Gasteiger partial charge in [-0.15, -0.1) is 0 Å². The van der Waals surface area contributed by atoms with E-state index in [0.29, 0.717) is 5.58 Å². The average molecular weight is 347 g/mol. The lowest BCUT2D eigenvalue weighted by molar-refractivity contribution is -0.133. The summed E-state index contributed by atoms with van der Waals surface area (Å²) in [5.41, 5.74) is 0.667. The summed E-state index contributed by atoms with van der Waals surface area (Å²) in [5.74, 6) is -1.04. The fourth-order valence-corrected chi connectivity index (χ4v) is 2.61. The topological polar surface area (TPSA) is 56.5 Å². The summed E-state index contributed by atoms with van der Waals surface area (Å²) in [6.07, 6.45) is -0.304. The third kappa shape index (κ3) is 3.31. The molecule has 2 aromatic carbocycles. The van der Waals surface area contributed by atoms with Gasteiger partial charge in [0, 0.05) is 28.1 Å². The highest BCUT2D eigenvalue weighted by Gasteiger charge is 2.14. The van der Waals surface area contributed by atoms with E-state index >= 15 is 0 Å². The van der Waals surface area contributed by atoms with Gasteiger partial charge in [0.1, 0.15) is 17.1 Å². The molecule has 1 heterocycles. The van der Waals surface area contributed by atoms with E-state index in [4.69, 9.17) is 20.8 Å². The first-order valence-corrected chi connectivity index (χ1v) is 7.50. The largest absolute Gasteiger partial charge is 0.426 e. The van der Waals surface area contributed by atoms with Gasteiger partial charge in [0.15, 0.2) is 0 Å². The Kier molecular flexibility index (Phi) is 4.36. The van der Waals surface area contributed by atoms with E-state index in [9.17, 15) is 14.0 Å². The Labute approximate surface area is 141 Å². The fraction of sp³-hybridized carbons (Fsp3) is 0.111. The van der Waals surface area contributed by atoms with Crippen LogP contribution in [0.25, 0.3) is 11.0 Å². The Hall–Kier alpha value is -2.66. The number of hydrogen-bond acceptors (Lipinski definition) is 4. The number of benzene rings is 2. The Bertz CT molecular complexity index is 974. The van der Waals surface area contributed by atoms with Crippen molar-refractivity contribution in [2.75, 3.05) is 0 Å². The van der Waals surface area contributed by atoms with Crippen LogP contribution in [0.15, 0.2) is 51.7 Å².